The lowest BCUT2D eigenvalue weighted by Crippen LogP contribution is -2.49. The number of carbonyl (C=O) groups excluding carboxylic acids is 1. The summed E-state index contributed by atoms with van der Waals surface area (Å²) >= 11 is 3.46. The highest BCUT2D eigenvalue weighted by molar-refractivity contribution is 9.10. The normalized spacial score (nSPS) is 20.4. The Bertz CT molecular complexity index is 987. The van der Waals surface area contributed by atoms with Crippen LogP contribution in [-0.4, -0.2) is 27.5 Å². The van der Waals surface area contributed by atoms with Crippen molar-refractivity contribution in [3.63, 3.8) is 0 Å². The van der Waals surface area contributed by atoms with Gasteiger partial charge < -0.3 is 14.6 Å². The van der Waals surface area contributed by atoms with Crippen molar-refractivity contribution < 1.29 is 9.53 Å². The van der Waals surface area contributed by atoms with E-state index in [4.69, 9.17) is 4.74 Å². The average molecular weight is 454 g/mol. The fourth-order valence-electron chi connectivity index (χ4n) is 3.94. The van der Waals surface area contributed by atoms with E-state index in [1.807, 2.05) is 68.4 Å². The number of aromatic nitrogens is 2. The highest BCUT2D eigenvalue weighted by atomic mass is 79.9. The Balaban J connectivity index is 1.60. The number of halogens is 1. The SMILES string of the molecule is Cc1cnc(CC2(c3ccccc3)CCN([C@@H](C)c3ccc(Br)cc3)C(=O)O2)[nH]1. The Hall–Kier alpha value is -2.60. The third-order valence-corrected chi connectivity index (χ3v) is 6.13. The minimum absolute atomic E-state index is 0.0600. The summed E-state index contributed by atoms with van der Waals surface area (Å²) < 4.78 is 7.19. The molecule has 1 saturated heterocycles. The van der Waals surface area contributed by atoms with Crippen molar-refractivity contribution in [1.82, 2.24) is 14.9 Å². The standard InChI is InChI=1S/C23H24BrN3O2/c1-16-15-25-21(26-16)14-23(19-6-4-3-5-7-19)12-13-27(22(28)29-23)17(2)18-8-10-20(24)11-9-18/h3-11,15,17H,12-14H2,1-2H3,(H,25,26)/t17-,23?/m0/s1. The maximum absolute atomic E-state index is 13.1. The first-order valence-electron chi connectivity index (χ1n) is 9.78. The number of hydrogen-bond acceptors (Lipinski definition) is 3. The monoisotopic (exact) mass is 453 g/mol. The number of carbonyl (C=O) groups is 1. The second kappa shape index (κ2) is 8.03. The molecule has 0 spiro atoms. The summed E-state index contributed by atoms with van der Waals surface area (Å²) in [6.07, 6.45) is 2.74. The van der Waals surface area contributed by atoms with Gasteiger partial charge in [0.2, 0.25) is 0 Å². The van der Waals surface area contributed by atoms with Crippen LogP contribution in [0.15, 0.2) is 65.3 Å². The van der Waals surface area contributed by atoms with Gasteiger partial charge in [0.05, 0.1) is 12.5 Å². The maximum Gasteiger partial charge on any atom is 0.411 e. The third-order valence-electron chi connectivity index (χ3n) is 5.60. The molecule has 1 aliphatic rings. The Kier molecular flexibility index (Phi) is 5.46. The van der Waals surface area contributed by atoms with Crippen molar-refractivity contribution in [2.24, 2.45) is 0 Å². The van der Waals surface area contributed by atoms with Gasteiger partial charge in [-0.1, -0.05) is 58.4 Å². The largest absolute Gasteiger partial charge is 0.437 e. The van der Waals surface area contributed by atoms with E-state index in [0.717, 1.165) is 27.1 Å². The molecule has 1 unspecified atom stereocenters. The van der Waals surface area contributed by atoms with Gasteiger partial charge in [0.25, 0.3) is 0 Å². The van der Waals surface area contributed by atoms with Crippen LogP contribution in [0.3, 0.4) is 0 Å². The van der Waals surface area contributed by atoms with Crippen LogP contribution in [0.25, 0.3) is 0 Å². The molecule has 3 aromatic rings. The van der Waals surface area contributed by atoms with Crippen molar-refractivity contribution >= 4 is 22.0 Å². The summed E-state index contributed by atoms with van der Waals surface area (Å²) in [6, 6.07) is 18.0. The van der Waals surface area contributed by atoms with E-state index in [2.05, 4.69) is 25.9 Å². The van der Waals surface area contributed by atoms with E-state index in [1.54, 1.807) is 11.1 Å². The summed E-state index contributed by atoms with van der Waals surface area (Å²) in [5.41, 5.74) is 2.35. The number of hydrogen-bond donors (Lipinski definition) is 1. The minimum Gasteiger partial charge on any atom is -0.437 e. The molecule has 29 heavy (non-hydrogen) atoms. The van der Waals surface area contributed by atoms with E-state index in [9.17, 15) is 4.79 Å². The van der Waals surface area contributed by atoms with E-state index < -0.39 is 5.60 Å². The van der Waals surface area contributed by atoms with Gasteiger partial charge in [-0.15, -0.1) is 0 Å². The van der Waals surface area contributed by atoms with Gasteiger partial charge >= 0.3 is 6.09 Å². The van der Waals surface area contributed by atoms with Gasteiger partial charge in [-0.2, -0.15) is 0 Å². The Morgan fingerprint density at radius 2 is 1.93 bits per heavy atom. The van der Waals surface area contributed by atoms with Crippen LogP contribution in [-0.2, 0) is 16.8 Å². The highest BCUT2D eigenvalue weighted by Crippen LogP contribution is 2.39. The van der Waals surface area contributed by atoms with Crippen LogP contribution < -0.4 is 0 Å². The zero-order chi connectivity index (χ0) is 20.4. The van der Waals surface area contributed by atoms with E-state index >= 15 is 0 Å². The van der Waals surface area contributed by atoms with Crippen LogP contribution in [0.1, 0.15) is 42.0 Å². The first kappa shape index (κ1) is 19.7. The number of ether oxygens (including phenoxy) is 1. The predicted molar refractivity (Wildman–Crippen MR) is 116 cm³/mol. The van der Waals surface area contributed by atoms with Crippen LogP contribution in [0.5, 0.6) is 0 Å². The number of aromatic amines is 1. The van der Waals surface area contributed by atoms with Crippen LogP contribution >= 0.6 is 15.9 Å². The molecule has 2 atom stereocenters. The lowest BCUT2D eigenvalue weighted by atomic mass is 9.85. The topological polar surface area (TPSA) is 58.2 Å². The fraction of sp³-hybridized carbons (Fsp3) is 0.304. The molecule has 2 aromatic carbocycles. The second-order valence-corrected chi connectivity index (χ2v) is 8.50. The first-order chi connectivity index (χ1) is 14.0. The van der Waals surface area contributed by atoms with Crippen molar-refractivity contribution in [3.8, 4) is 0 Å². The Morgan fingerprint density at radius 3 is 2.55 bits per heavy atom. The molecular weight excluding hydrogens is 430 g/mol. The minimum atomic E-state index is -0.724. The molecule has 1 N–H and O–H groups in total. The Morgan fingerprint density at radius 1 is 1.21 bits per heavy atom. The summed E-state index contributed by atoms with van der Waals surface area (Å²) in [7, 11) is 0. The third kappa shape index (κ3) is 4.08. The number of amides is 1. The van der Waals surface area contributed by atoms with Crippen LogP contribution in [0.4, 0.5) is 4.79 Å². The number of aryl methyl sites for hydroxylation is 1. The van der Waals surface area contributed by atoms with E-state index in [-0.39, 0.29) is 12.1 Å². The smallest absolute Gasteiger partial charge is 0.411 e. The number of nitrogens with one attached hydrogen (secondary N) is 1. The zero-order valence-corrected chi connectivity index (χ0v) is 18.1. The summed E-state index contributed by atoms with van der Waals surface area (Å²) in [5.74, 6) is 0.827. The maximum atomic E-state index is 13.1. The molecule has 1 aromatic heterocycles. The molecule has 0 saturated carbocycles. The zero-order valence-electron chi connectivity index (χ0n) is 16.6. The molecule has 1 fully saturated rings. The summed E-state index contributed by atoms with van der Waals surface area (Å²) in [5, 5.41) is 0. The molecule has 6 heteroatoms. The number of H-pyrrole nitrogens is 1. The van der Waals surface area contributed by atoms with Crippen molar-refractivity contribution in [2.45, 2.75) is 38.3 Å². The lowest BCUT2D eigenvalue weighted by Gasteiger charge is -2.43. The highest BCUT2D eigenvalue weighted by Gasteiger charge is 2.44. The van der Waals surface area contributed by atoms with Gasteiger partial charge in [0.15, 0.2) is 0 Å². The van der Waals surface area contributed by atoms with Gasteiger partial charge in [-0.05, 0) is 37.1 Å². The number of nitrogens with zero attached hydrogens (tertiary/aromatic N) is 2. The molecule has 5 nitrogen and oxygen atoms in total. The van der Waals surface area contributed by atoms with Crippen molar-refractivity contribution in [3.05, 3.63) is 87.9 Å². The molecule has 0 radical (unpaired) electrons. The van der Waals surface area contributed by atoms with Gasteiger partial charge in [0, 0.05) is 29.3 Å². The first-order valence-corrected chi connectivity index (χ1v) is 10.6. The quantitative estimate of drug-likeness (QED) is 0.552. The molecule has 0 aliphatic carbocycles. The number of imidazole rings is 1. The van der Waals surface area contributed by atoms with E-state index in [0.29, 0.717) is 19.4 Å². The average Bonchev–Trinajstić information content (AvgIpc) is 3.13. The molecule has 1 amide bonds. The molecular formula is C23H24BrN3O2. The number of cyclic esters (lactones) is 1. The predicted octanol–water partition coefficient (Wildman–Crippen LogP) is 5.52. The molecule has 2 heterocycles. The van der Waals surface area contributed by atoms with Gasteiger partial charge in [-0.25, -0.2) is 9.78 Å². The molecule has 0 bridgehead atoms. The molecule has 150 valence electrons. The second-order valence-electron chi connectivity index (χ2n) is 7.59. The van der Waals surface area contributed by atoms with E-state index in [1.165, 1.54) is 0 Å². The van der Waals surface area contributed by atoms with Crippen molar-refractivity contribution in [2.75, 3.05) is 6.54 Å². The molecule has 4 rings (SSSR count). The number of rotatable bonds is 5. The lowest BCUT2D eigenvalue weighted by molar-refractivity contribution is -0.0613. The van der Waals surface area contributed by atoms with Gasteiger partial charge in [0.1, 0.15) is 11.4 Å². The summed E-state index contributed by atoms with van der Waals surface area (Å²) in [6.45, 7) is 4.63. The number of benzene rings is 2. The van der Waals surface area contributed by atoms with Crippen LogP contribution in [0.2, 0.25) is 0 Å². The Labute approximate surface area is 179 Å². The summed E-state index contributed by atoms with van der Waals surface area (Å²) in [4.78, 5) is 22.7. The molecule has 1 aliphatic heterocycles. The van der Waals surface area contributed by atoms with Gasteiger partial charge in [-0.3, -0.25) is 0 Å². The van der Waals surface area contributed by atoms with Crippen LogP contribution in [0, 0.1) is 6.92 Å². The fourth-order valence-corrected chi connectivity index (χ4v) is 4.21. The van der Waals surface area contributed by atoms with Crippen molar-refractivity contribution in [1.29, 1.82) is 0 Å².